The molecule has 1 fully saturated rings. The molecular weight excluding hydrogens is 393 g/mol. The second-order valence-electron chi connectivity index (χ2n) is 6.71. The van der Waals surface area contributed by atoms with E-state index in [1.54, 1.807) is 4.90 Å². The Balaban J connectivity index is 0.00000364. The lowest BCUT2D eigenvalue weighted by molar-refractivity contribution is -0.132. The number of hydrogen-bond donors (Lipinski definition) is 2. The minimum Gasteiger partial charge on any atom is -0.341 e. The van der Waals surface area contributed by atoms with Crippen LogP contribution in [0, 0.1) is 5.82 Å². The van der Waals surface area contributed by atoms with Crippen molar-refractivity contribution in [1.82, 2.24) is 9.62 Å². The molecule has 0 aliphatic carbocycles. The van der Waals surface area contributed by atoms with Gasteiger partial charge in [-0.3, -0.25) is 4.79 Å². The maximum absolute atomic E-state index is 13.3. The number of rotatable bonds is 9. The van der Waals surface area contributed by atoms with Crippen molar-refractivity contribution < 1.29 is 17.6 Å². The largest absolute Gasteiger partial charge is 0.341 e. The van der Waals surface area contributed by atoms with Gasteiger partial charge in [0.1, 0.15) is 5.82 Å². The standard InChI is InChI=1S/C18H28FN3O3S.ClH/c19-15-7-5-9-17(13-15)26(24,25)21-16-8-6-12-22(14-16)18(23)10-3-1-2-4-11-20;/h5,7,9,13,16,21H,1-4,6,8,10-12,14,20H2;1H. The fourth-order valence-corrected chi connectivity index (χ4v) is 4.45. The van der Waals surface area contributed by atoms with Crippen LogP contribution in [-0.4, -0.2) is 44.9 Å². The van der Waals surface area contributed by atoms with Gasteiger partial charge in [0.2, 0.25) is 15.9 Å². The molecule has 1 aliphatic rings. The average molecular weight is 422 g/mol. The second-order valence-corrected chi connectivity index (χ2v) is 8.42. The summed E-state index contributed by atoms with van der Waals surface area (Å²) >= 11 is 0. The van der Waals surface area contributed by atoms with Crippen molar-refractivity contribution in [1.29, 1.82) is 0 Å². The molecule has 1 aliphatic heterocycles. The average Bonchev–Trinajstić information content (AvgIpc) is 2.61. The van der Waals surface area contributed by atoms with Crippen LogP contribution >= 0.6 is 12.4 Å². The van der Waals surface area contributed by atoms with E-state index in [2.05, 4.69) is 4.72 Å². The summed E-state index contributed by atoms with van der Waals surface area (Å²) in [7, 11) is -3.80. The Hall–Kier alpha value is -1.22. The maximum Gasteiger partial charge on any atom is 0.240 e. The van der Waals surface area contributed by atoms with Crippen molar-refractivity contribution in [2.45, 2.75) is 55.9 Å². The molecule has 1 aromatic carbocycles. The van der Waals surface area contributed by atoms with Crippen LogP contribution in [0.25, 0.3) is 0 Å². The van der Waals surface area contributed by atoms with Gasteiger partial charge in [0.05, 0.1) is 4.90 Å². The first-order chi connectivity index (χ1) is 12.4. The van der Waals surface area contributed by atoms with Crippen LogP contribution in [0.15, 0.2) is 29.2 Å². The predicted molar refractivity (Wildman–Crippen MR) is 106 cm³/mol. The molecule has 0 bridgehead atoms. The SMILES string of the molecule is Cl.NCCCCCCC(=O)N1CCCC(NS(=O)(=O)c2cccc(F)c2)C1. The molecular formula is C18H29ClFN3O3S. The molecule has 2 rings (SSSR count). The van der Waals surface area contributed by atoms with Gasteiger partial charge in [-0.15, -0.1) is 12.4 Å². The molecule has 27 heavy (non-hydrogen) atoms. The van der Waals surface area contributed by atoms with Gasteiger partial charge in [0.15, 0.2) is 0 Å². The number of likely N-dealkylation sites (tertiary alicyclic amines) is 1. The summed E-state index contributed by atoms with van der Waals surface area (Å²) in [6, 6.07) is 4.57. The molecule has 1 saturated heterocycles. The predicted octanol–water partition coefficient (Wildman–Crippen LogP) is 2.43. The second kappa shape index (κ2) is 11.6. The van der Waals surface area contributed by atoms with Crippen LogP contribution in [0.1, 0.15) is 44.9 Å². The third kappa shape index (κ3) is 7.73. The number of benzene rings is 1. The molecule has 154 valence electrons. The van der Waals surface area contributed by atoms with Crippen LogP contribution in [0.5, 0.6) is 0 Å². The first-order valence-electron chi connectivity index (χ1n) is 9.18. The molecule has 3 N–H and O–H groups in total. The van der Waals surface area contributed by atoms with Gasteiger partial charge >= 0.3 is 0 Å². The van der Waals surface area contributed by atoms with E-state index in [4.69, 9.17) is 5.73 Å². The fourth-order valence-electron chi connectivity index (χ4n) is 3.15. The molecule has 1 unspecified atom stereocenters. The number of carbonyl (C=O) groups excluding carboxylic acids is 1. The number of nitrogens with two attached hydrogens (primary N) is 1. The van der Waals surface area contributed by atoms with Crippen molar-refractivity contribution in [3.05, 3.63) is 30.1 Å². The smallest absolute Gasteiger partial charge is 0.240 e. The Morgan fingerprint density at radius 3 is 2.70 bits per heavy atom. The number of nitrogens with zero attached hydrogens (tertiary/aromatic N) is 1. The quantitative estimate of drug-likeness (QED) is 0.599. The van der Waals surface area contributed by atoms with E-state index in [0.717, 1.165) is 38.2 Å². The molecule has 9 heteroatoms. The number of hydrogen-bond acceptors (Lipinski definition) is 4. The molecule has 1 atom stereocenters. The monoisotopic (exact) mass is 421 g/mol. The zero-order valence-electron chi connectivity index (χ0n) is 15.4. The van der Waals surface area contributed by atoms with Crippen LogP contribution < -0.4 is 10.5 Å². The summed E-state index contributed by atoms with van der Waals surface area (Å²) in [5.74, 6) is -0.532. The molecule has 1 amide bonds. The highest BCUT2D eigenvalue weighted by Crippen LogP contribution is 2.17. The van der Waals surface area contributed by atoms with E-state index in [0.29, 0.717) is 32.5 Å². The van der Waals surface area contributed by atoms with Crippen molar-refractivity contribution in [2.75, 3.05) is 19.6 Å². The first-order valence-corrected chi connectivity index (χ1v) is 10.7. The minimum atomic E-state index is -3.80. The lowest BCUT2D eigenvalue weighted by Crippen LogP contribution is -2.49. The zero-order valence-corrected chi connectivity index (χ0v) is 17.0. The molecule has 0 saturated carbocycles. The molecule has 6 nitrogen and oxygen atoms in total. The highest BCUT2D eigenvalue weighted by Gasteiger charge is 2.27. The van der Waals surface area contributed by atoms with Gasteiger partial charge < -0.3 is 10.6 Å². The number of sulfonamides is 1. The normalized spacial score (nSPS) is 17.4. The minimum absolute atomic E-state index is 0. The Bertz CT molecular complexity index is 703. The van der Waals surface area contributed by atoms with Crippen molar-refractivity contribution in [2.24, 2.45) is 5.73 Å². The number of nitrogens with one attached hydrogen (secondary N) is 1. The van der Waals surface area contributed by atoms with Crippen molar-refractivity contribution in [3.8, 4) is 0 Å². The summed E-state index contributed by atoms with van der Waals surface area (Å²) in [6.45, 7) is 1.68. The topological polar surface area (TPSA) is 92.5 Å². The van der Waals surface area contributed by atoms with Gasteiger partial charge in [0.25, 0.3) is 0 Å². The summed E-state index contributed by atoms with van der Waals surface area (Å²) in [5, 5.41) is 0. The number of carbonyl (C=O) groups is 1. The summed E-state index contributed by atoms with van der Waals surface area (Å²) in [6.07, 6.45) is 5.70. The Labute approximate surface area is 167 Å². The lowest BCUT2D eigenvalue weighted by Gasteiger charge is -2.33. The number of unbranched alkanes of at least 4 members (excludes halogenated alkanes) is 3. The molecule has 1 aromatic rings. The summed E-state index contributed by atoms with van der Waals surface area (Å²) in [4.78, 5) is 14.0. The van der Waals surface area contributed by atoms with Gasteiger partial charge in [-0.25, -0.2) is 17.5 Å². The number of amides is 1. The third-order valence-corrected chi connectivity index (χ3v) is 6.07. The molecule has 1 heterocycles. The van der Waals surface area contributed by atoms with Crippen LogP contribution in [-0.2, 0) is 14.8 Å². The lowest BCUT2D eigenvalue weighted by atomic mass is 10.1. The van der Waals surface area contributed by atoms with Gasteiger partial charge in [-0.05, 0) is 50.4 Å². The van der Waals surface area contributed by atoms with Crippen LogP contribution in [0.2, 0.25) is 0 Å². The Kier molecular flexibility index (Phi) is 10.2. The maximum atomic E-state index is 13.3. The third-order valence-electron chi connectivity index (χ3n) is 4.55. The van der Waals surface area contributed by atoms with Crippen LogP contribution in [0.3, 0.4) is 0 Å². The van der Waals surface area contributed by atoms with Gasteiger partial charge in [-0.1, -0.05) is 18.9 Å². The van der Waals surface area contributed by atoms with E-state index < -0.39 is 15.8 Å². The van der Waals surface area contributed by atoms with E-state index in [9.17, 15) is 17.6 Å². The van der Waals surface area contributed by atoms with E-state index in [1.807, 2.05) is 0 Å². The fraction of sp³-hybridized carbons (Fsp3) is 0.611. The van der Waals surface area contributed by atoms with Crippen LogP contribution in [0.4, 0.5) is 4.39 Å². The summed E-state index contributed by atoms with van der Waals surface area (Å²) in [5.41, 5.74) is 5.45. The zero-order chi connectivity index (χ0) is 19.0. The van der Waals surface area contributed by atoms with Crippen molar-refractivity contribution in [3.63, 3.8) is 0 Å². The molecule has 0 radical (unpaired) electrons. The Morgan fingerprint density at radius 2 is 2.00 bits per heavy atom. The first kappa shape index (κ1) is 23.8. The van der Waals surface area contributed by atoms with Gasteiger partial charge in [-0.2, -0.15) is 0 Å². The van der Waals surface area contributed by atoms with E-state index >= 15 is 0 Å². The Morgan fingerprint density at radius 1 is 1.26 bits per heavy atom. The molecule has 0 aromatic heterocycles. The highest BCUT2D eigenvalue weighted by molar-refractivity contribution is 7.89. The van der Waals surface area contributed by atoms with E-state index in [1.165, 1.54) is 18.2 Å². The van der Waals surface area contributed by atoms with E-state index in [-0.39, 0.29) is 29.3 Å². The number of piperidine rings is 1. The summed E-state index contributed by atoms with van der Waals surface area (Å²) < 4.78 is 40.7. The number of halogens is 2. The highest BCUT2D eigenvalue weighted by atomic mass is 35.5. The van der Waals surface area contributed by atoms with Crippen molar-refractivity contribution >= 4 is 28.3 Å². The molecule has 0 spiro atoms. The van der Waals surface area contributed by atoms with Gasteiger partial charge in [0, 0.05) is 25.6 Å².